The van der Waals surface area contributed by atoms with E-state index in [1.807, 2.05) is 24.3 Å². The summed E-state index contributed by atoms with van der Waals surface area (Å²) in [4.78, 5) is 31.6. The van der Waals surface area contributed by atoms with Gasteiger partial charge in [-0.05, 0) is 18.2 Å². The molecule has 3 aromatic heterocycles. The summed E-state index contributed by atoms with van der Waals surface area (Å²) in [6.07, 6.45) is 3.14. The maximum absolute atomic E-state index is 12.3. The molecule has 0 bridgehead atoms. The fourth-order valence-corrected chi connectivity index (χ4v) is 3.16. The second kappa shape index (κ2) is 6.25. The van der Waals surface area contributed by atoms with Crippen LogP contribution in [-0.2, 0) is 0 Å². The van der Waals surface area contributed by atoms with E-state index in [1.165, 1.54) is 17.6 Å². The number of aromatic nitrogens is 2. The van der Waals surface area contributed by atoms with Crippen molar-refractivity contribution in [1.29, 1.82) is 0 Å². The van der Waals surface area contributed by atoms with Crippen LogP contribution in [0.1, 0.15) is 20.8 Å². The first-order chi connectivity index (χ1) is 12.2. The fraction of sp³-hybridized carbons (Fsp3) is 0. The molecular weight excluding hydrogens is 340 g/mol. The minimum atomic E-state index is -0.498. The molecule has 0 saturated heterocycles. The predicted octanol–water partition coefficient (Wildman–Crippen LogP) is 2.96. The number of carbonyl (C=O) groups is 2. The van der Waals surface area contributed by atoms with Crippen LogP contribution in [0.15, 0.2) is 58.7 Å². The zero-order valence-electron chi connectivity index (χ0n) is 12.8. The molecule has 1 aromatic carbocycles. The predicted molar refractivity (Wildman–Crippen MR) is 93.0 cm³/mol. The third-order valence-electron chi connectivity index (χ3n) is 3.59. The first kappa shape index (κ1) is 15.2. The molecule has 3 N–H and O–H groups in total. The molecule has 2 amide bonds. The van der Waals surface area contributed by atoms with Crippen molar-refractivity contribution in [3.05, 3.63) is 65.5 Å². The Morgan fingerprint density at radius 2 is 1.92 bits per heavy atom. The Morgan fingerprint density at radius 1 is 1.08 bits per heavy atom. The van der Waals surface area contributed by atoms with E-state index in [0.29, 0.717) is 16.3 Å². The van der Waals surface area contributed by atoms with Crippen molar-refractivity contribution in [2.45, 2.75) is 0 Å². The molecule has 4 rings (SSSR count). The Hall–Kier alpha value is -3.39. The van der Waals surface area contributed by atoms with Gasteiger partial charge in [0.1, 0.15) is 5.69 Å². The summed E-state index contributed by atoms with van der Waals surface area (Å²) in [7, 11) is 0. The number of aromatic amines is 1. The first-order valence-corrected chi connectivity index (χ1v) is 8.26. The lowest BCUT2D eigenvalue weighted by molar-refractivity contribution is 0.0845. The summed E-state index contributed by atoms with van der Waals surface area (Å²) in [6.45, 7) is 0. The second-order valence-corrected chi connectivity index (χ2v) is 6.03. The van der Waals surface area contributed by atoms with Crippen molar-refractivity contribution in [1.82, 2.24) is 20.8 Å². The van der Waals surface area contributed by atoms with E-state index in [0.717, 1.165) is 10.9 Å². The zero-order valence-corrected chi connectivity index (χ0v) is 13.6. The van der Waals surface area contributed by atoms with Gasteiger partial charge >= 0.3 is 0 Å². The topological polar surface area (TPSA) is 100 Å². The molecule has 4 aromatic rings. The highest BCUT2D eigenvalue weighted by Crippen LogP contribution is 2.23. The number of hydrogen-bond donors (Lipinski definition) is 3. The average molecular weight is 352 g/mol. The van der Waals surface area contributed by atoms with Gasteiger partial charge in [0.05, 0.1) is 11.8 Å². The molecule has 0 aliphatic carbocycles. The Bertz CT molecular complexity index is 1050. The van der Waals surface area contributed by atoms with Crippen molar-refractivity contribution in [3.63, 3.8) is 0 Å². The number of fused-ring (bicyclic) bond motifs is 1. The van der Waals surface area contributed by atoms with Gasteiger partial charge in [0, 0.05) is 22.5 Å². The third kappa shape index (κ3) is 2.90. The summed E-state index contributed by atoms with van der Waals surface area (Å²) < 4.78 is 5.24. The van der Waals surface area contributed by atoms with Gasteiger partial charge in [0.15, 0.2) is 10.8 Å². The Kier molecular flexibility index (Phi) is 3.79. The maximum atomic E-state index is 12.3. The number of hydrazine groups is 1. The normalized spacial score (nSPS) is 10.7. The van der Waals surface area contributed by atoms with Crippen LogP contribution >= 0.6 is 11.3 Å². The number of para-hydroxylation sites is 1. The van der Waals surface area contributed by atoms with Gasteiger partial charge in [-0.25, -0.2) is 4.98 Å². The van der Waals surface area contributed by atoms with E-state index in [9.17, 15) is 9.59 Å². The van der Waals surface area contributed by atoms with E-state index < -0.39 is 11.8 Å². The lowest BCUT2D eigenvalue weighted by Crippen LogP contribution is -2.41. The molecule has 8 heteroatoms. The number of thiazole rings is 1. The number of hydrogen-bond acceptors (Lipinski definition) is 5. The number of furan rings is 1. The molecule has 7 nitrogen and oxygen atoms in total. The minimum Gasteiger partial charge on any atom is -0.462 e. The van der Waals surface area contributed by atoms with E-state index in [1.54, 1.807) is 23.7 Å². The zero-order chi connectivity index (χ0) is 17.2. The number of H-pyrrole nitrogens is 1. The van der Waals surface area contributed by atoms with Crippen molar-refractivity contribution >= 4 is 34.1 Å². The van der Waals surface area contributed by atoms with Crippen LogP contribution in [0.4, 0.5) is 0 Å². The summed E-state index contributed by atoms with van der Waals surface area (Å²) in [5, 5.41) is 2.98. The molecule has 0 fully saturated rings. The SMILES string of the molecule is O=C(NNC(=O)c1c[nH]c2ccccc12)c1csc(-c2ccco2)n1. The molecule has 3 heterocycles. The van der Waals surface area contributed by atoms with Crippen LogP contribution < -0.4 is 10.9 Å². The van der Waals surface area contributed by atoms with Gasteiger partial charge in [-0.15, -0.1) is 11.3 Å². The highest BCUT2D eigenvalue weighted by molar-refractivity contribution is 7.13. The van der Waals surface area contributed by atoms with Crippen molar-refractivity contribution < 1.29 is 14.0 Å². The summed E-state index contributed by atoms with van der Waals surface area (Å²) in [6, 6.07) is 10.9. The minimum absolute atomic E-state index is 0.204. The monoisotopic (exact) mass is 352 g/mol. The van der Waals surface area contributed by atoms with Gasteiger partial charge in [0.2, 0.25) is 0 Å². The molecule has 0 aliphatic heterocycles. The number of benzene rings is 1. The fourth-order valence-electron chi connectivity index (χ4n) is 2.40. The van der Waals surface area contributed by atoms with E-state index in [2.05, 4.69) is 20.8 Å². The summed E-state index contributed by atoms with van der Waals surface area (Å²) >= 11 is 1.29. The Labute approximate surface area is 145 Å². The molecule has 25 heavy (non-hydrogen) atoms. The largest absolute Gasteiger partial charge is 0.462 e. The number of nitrogens with zero attached hydrogens (tertiary/aromatic N) is 1. The number of amides is 2. The van der Waals surface area contributed by atoms with Crippen molar-refractivity contribution in [3.8, 4) is 10.8 Å². The number of rotatable bonds is 3. The highest BCUT2D eigenvalue weighted by atomic mass is 32.1. The smallest absolute Gasteiger partial charge is 0.289 e. The molecule has 0 spiro atoms. The molecule has 0 atom stereocenters. The van der Waals surface area contributed by atoms with Gasteiger partial charge < -0.3 is 9.40 Å². The van der Waals surface area contributed by atoms with E-state index in [4.69, 9.17) is 4.42 Å². The van der Waals surface area contributed by atoms with Crippen molar-refractivity contribution in [2.75, 3.05) is 0 Å². The molecule has 0 saturated carbocycles. The van der Waals surface area contributed by atoms with Crippen LogP contribution in [0, 0.1) is 0 Å². The highest BCUT2D eigenvalue weighted by Gasteiger charge is 2.16. The molecule has 124 valence electrons. The van der Waals surface area contributed by atoms with Crippen LogP contribution in [0.25, 0.3) is 21.7 Å². The van der Waals surface area contributed by atoms with Crippen LogP contribution in [0.5, 0.6) is 0 Å². The summed E-state index contributed by atoms with van der Waals surface area (Å²) in [5.74, 6) is -0.318. The molecule has 0 unspecified atom stereocenters. The van der Waals surface area contributed by atoms with Crippen molar-refractivity contribution in [2.24, 2.45) is 0 Å². The average Bonchev–Trinajstić information content (AvgIpc) is 3.38. The third-order valence-corrected chi connectivity index (χ3v) is 4.45. The molecule has 0 radical (unpaired) electrons. The molecule has 0 aliphatic rings. The van der Waals surface area contributed by atoms with Gasteiger partial charge in [-0.1, -0.05) is 18.2 Å². The lowest BCUT2D eigenvalue weighted by atomic mass is 10.2. The van der Waals surface area contributed by atoms with Gasteiger partial charge in [-0.2, -0.15) is 0 Å². The Balaban J connectivity index is 1.44. The van der Waals surface area contributed by atoms with E-state index in [-0.39, 0.29) is 5.69 Å². The van der Waals surface area contributed by atoms with Gasteiger partial charge in [0.25, 0.3) is 11.8 Å². The standard InChI is InChI=1S/C17H12N4O3S/c22-15(11-8-18-12-5-2-1-4-10(11)12)20-21-16(23)13-9-25-17(19-13)14-6-3-7-24-14/h1-9,18H,(H,20,22)(H,21,23). The van der Waals surface area contributed by atoms with Crippen LogP contribution in [0.3, 0.4) is 0 Å². The number of carbonyl (C=O) groups excluding carboxylic acids is 2. The van der Waals surface area contributed by atoms with E-state index >= 15 is 0 Å². The van der Waals surface area contributed by atoms with Gasteiger partial charge in [-0.3, -0.25) is 20.4 Å². The maximum Gasteiger partial charge on any atom is 0.289 e. The first-order valence-electron chi connectivity index (χ1n) is 7.38. The van der Waals surface area contributed by atoms with Crippen LogP contribution in [0.2, 0.25) is 0 Å². The van der Waals surface area contributed by atoms with Crippen LogP contribution in [-0.4, -0.2) is 21.8 Å². The quantitative estimate of drug-likeness (QED) is 0.494. The number of nitrogens with one attached hydrogen (secondary N) is 3. The lowest BCUT2D eigenvalue weighted by Gasteiger charge is -2.05. The molecular formula is C17H12N4O3S. The summed E-state index contributed by atoms with van der Waals surface area (Å²) in [5.41, 5.74) is 6.28. The second-order valence-electron chi connectivity index (χ2n) is 5.17. The Morgan fingerprint density at radius 3 is 2.76 bits per heavy atom.